The van der Waals surface area contributed by atoms with E-state index >= 15 is 0 Å². The molecule has 0 saturated heterocycles. The predicted molar refractivity (Wildman–Crippen MR) is 40.8 cm³/mol. The lowest BCUT2D eigenvalue weighted by Crippen LogP contribution is -1.89. The molecule has 0 atom stereocenters. The summed E-state index contributed by atoms with van der Waals surface area (Å²) < 4.78 is 25.1. The molecule has 0 aliphatic carbocycles. The summed E-state index contributed by atoms with van der Waals surface area (Å²) in [6.45, 7) is 0. The molecule has 1 aromatic rings. The van der Waals surface area contributed by atoms with Crippen molar-refractivity contribution in [3.8, 4) is 0 Å². The Balaban J connectivity index is 3.13. The molecular formula is C7H4Cl2F2. The summed E-state index contributed by atoms with van der Waals surface area (Å²) in [6.07, 6.45) is 0. The standard InChI is InChI=1S/C7H4Cl2F2/c8-7(9)5-3-4(10)1-2-6(5)11/h1-3,7H. The molecule has 60 valence electrons. The first-order chi connectivity index (χ1) is 5.11. The van der Waals surface area contributed by atoms with E-state index in [1.54, 1.807) is 0 Å². The van der Waals surface area contributed by atoms with Gasteiger partial charge in [0, 0.05) is 5.56 Å². The molecule has 0 aliphatic heterocycles. The quantitative estimate of drug-likeness (QED) is 0.605. The van der Waals surface area contributed by atoms with E-state index in [1.165, 1.54) is 0 Å². The smallest absolute Gasteiger partial charge is 0.135 e. The van der Waals surface area contributed by atoms with Crippen molar-refractivity contribution in [3.63, 3.8) is 0 Å². The van der Waals surface area contributed by atoms with Crippen molar-refractivity contribution in [1.29, 1.82) is 0 Å². The maximum Gasteiger partial charge on any atom is 0.135 e. The van der Waals surface area contributed by atoms with Crippen molar-refractivity contribution in [3.05, 3.63) is 35.4 Å². The highest BCUT2D eigenvalue weighted by Gasteiger charge is 2.10. The predicted octanol–water partition coefficient (Wildman–Crippen LogP) is 3.44. The van der Waals surface area contributed by atoms with Crippen LogP contribution in [0.1, 0.15) is 10.4 Å². The monoisotopic (exact) mass is 196 g/mol. The van der Waals surface area contributed by atoms with Crippen LogP contribution < -0.4 is 0 Å². The fourth-order valence-corrected chi connectivity index (χ4v) is 1.02. The lowest BCUT2D eigenvalue weighted by atomic mass is 10.2. The van der Waals surface area contributed by atoms with E-state index in [0.29, 0.717) is 0 Å². The van der Waals surface area contributed by atoms with Crippen molar-refractivity contribution >= 4 is 23.2 Å². The van der Waals surface area contributed by atoms with Gasteiger partial charge in [0.15, 0.2) is 0 Å². The van der Waals surface area contributed by atoms with Crippen molar-refractivity contribution in [1.82, 2.24) is 0 Å². The minimum Gasteiger partial charge on any atom is -0.207 e. The summed E-state index contributed by atoms with van der Waals surface area (Å²) in [5.41, 5.74) is -0.0340. The number of benzene rings is 1. The lowest BCUT2D eigenvalue weighted by molar-refractivity contribution is 0.590. The van der Waals surface area contributed by atoms with Gasteiger partial charge < -0.3 is 0 Å². The van der Waals surface area contributed by atoms with Crippen molar-refractivity contribution in [2.45, 2.75) is 4.84 Å². The summed E-state index contributed by atoms with van der Waals surface area (Å²) in [4.78, 5) is -1.02. The normalized spacial score (nSPS) is 10.6. The first kappa shape index (κ1) is 8.75. The number of alkyl halides is 2. The SMILES string of the molecule is Fc1ccc(F)c(C(Cl)Cl)c1. The highest BCUT2D eigenvalue weighted by Crippen LogP contribution is 2.27. The molecule has 1 rings (SSSR count). The molecule has 0 heterocycles. The molecule has 0 radical (unpaired) electrons. The summed E-state index contributed by atoms with van der Waals surface area (Å²) in [7, 11) is 0. The number of hydrogen-bond donors (Lipinski definition) is 0. The fourth-order valence-electron chi connectivity index (χ4n) is 0.682. The van der Waals surface area contributed by atoms with Gasteiger partial charge in [0.1, 0.15) is 16.5 Å². The molecular weight excluding hydrogens is 193 g/mol. The Hall–Kier alpha value is -0.340. The summed E-state index contributed by atoms with van der Waals surface area (Å²) in [5.74, 6) is -1.14. The molecule has 11 heavy (non-hydrogen) atoms. The minimum atomic E-state index is -1.02. The van der Waals surface area contributed by atoms with E-state index < -0.39 is 16.5 Å². The first-order valence-electron chi connectivity index (χ1n) is 2.84. The Kier molecular flexibility index (Phi) is 2.68. The molecule has 0 saturated carbocycles. The second kappa shape index (κ2) is 3.37. The molecule has 0 unspecified atom stereocenters. The third-order valence-corrected chi connectivity index (χ3v) is 1.66. The van der Waals surface area contributed by atoms with Gasteiger partial charge in [-0.05, 0) is 18.2 Å². The van der Waals surface area contributed by atoms with Gasteiger partial charge in [-0.2, -0.15) is 0 Å². The summed E-state index contributed by atoms with van der Waals surface area (Å²) in [6, 6.07) is 2.97. The van der Waals surface area contributed by atoms with Gasteiger partial charge in [-0.15, -0.1) is 0 Å². The van der Waals surface area contributed by atoms with Crippen LogP contribution in [-0.2, 0) is 0 Å². The van der Waals surface area contributed by atoms with E-state index in [4.69, 9.17) is 23.2 Å². The lowest BCUT2D eigenvalue weighted by Gasteiger charge is -2.01. The Morgan fingerprint density at radius 3 is 2.27 bits per heavy atom. The van der Waals surface area contributed by atoms with Gasteiger partial charge >= 0.3 is 0 Å². The average molecular weight is 197 g/mol. The second-order valence-corrected chi connectivity index (χ2v) is 3.06. The molecule has 0 spiro atoms. The maximum absolute atomic E-state index is 12.7. The average Bonchev–Trinajstić information content (AvgIpc) is 1.94. The zero-order valence-corrected chi connectivity index (χ0v) is 6.83. The molecule has 0 aromatic heterocycles. The van der Waals surface area contributed by atoms with E-state index in [9.17, 15) is 8.78 Å². The molecule has 4 heteroatoms. The molecule has 0 nitrogen and oxygen atoms in total. The largest absolute Gasteiger partial charge is 0.207 e. The Labute approximate surface area is 72.7 Å². The van der Waals surface area contributed by atoms with Gasteiger partial charge in [0.25, 0.3) is 0 Å². The third kappa shape index (κ3) is 2.04. The van der Waals surface area contributed by atoms with Crippen LogP contribution in [0, 0.1) is 11.6 Å². The highest BCUT2D eigenvalue weighted by atomic mass is 35.5. The van der Waals surface area contributed by atoms with Gasteiger partial charge in [0.05, 0.1) is 0 Å². The van der Waals surface area contributed by atoms with Crippen molar-refractivity contribution in [2.24, 2.45) is 0 Å². The van der Waals surface area contributed by atoms with Gasteiger partial charge in [-0.1, -0.05) is 23.2 Å². The Morgan fingerprint density at radius 2 is 1.82 bits per heavy atom. The van der Waals surface area contributed by atoms with Gasteiger partial charge in [0.2, 0.25) is 0 Å². The molecule has 0 amide bonds. The van der Waals surface area contributed by atoms with Crippen LogP contribution in [0.2, 0.25) is 0 Å². The molecule has 0 aliphatic rings. The van der Waals surface area contributed by atoms with E-state index in [2.05, 4.69) is 0 Å². The zero-order chi connectivity index (χ0) is 8.43. The van der Waals surface area contributed by atoms with Crippen molar-refractivity contribution < 1.29 is 8.78 Å². The van der Waals surface area contributed by atoms with E-state index in [-0.39, 0.29) is 5.56 Å². The number of hydrogen-bond acceptors (Lipinski definition) is 0. The highest BCUT2D eigenvalue weighted by molar-refractivity contribution is 6.44. The maximum atomic E-state index is 12.7. The first-order valence-corrected chi connectivity index (χ1v) is 3.71. The van der Waals surface area contributed by atoms with E-state index in [0.717, 1.165) is 18.2 Å². The molecule has 0 bridgehead atoms. The zero-order valence-electron chi connectivity index (χ0n) is 5.32. The van der Waals surface area contributed by atoms with Crippen LogP contribution in [0.3, 0.4) is 0 Å². The fraction of sp³-hybridized carbons (Fsp3) is 0.143. The van der Waals surface area contributed by atoms with E-state index in [1.807, 2.05) is 0 Å². The number of rotatable bonds is 1. The molecule has 0 N–H and O–H groups in total. The van der Waals surface area contributed by atoms with Crippen molar-refractivity contribution in [2.75, 3.05) is 0 Å². The molecule has 1 aromatic carbocycles. The third-order valence-electron chi connectivity index (χ3n) is 1.19. The van der Waals surface area contributed by atoms with Crippen LogP contribution >= 0.6 is 23.2 Å². The van der Waals surface area contributed by atoms with Crippen LogP contribution in [0.5, 0.6) is 0 Å². The van der Waals surface area contributed by atoms with Crippen LogP contribution in [0.15, 0.2) is 18.2 Å². The summed E-state index contributed by atoms with van der Waals surface area (Å²) in [5, 5.41) is 0. The van der Waals surface area contributed by atoms with Crippen LogP contribution in [-0.4, -0.2) is 0 Å². The van der Waals surface area contributed by atoms with Gasteiger partial charge in [-0.3, -0.25) is 0 Å². The van der Waals surface area contributed by atoms with Crippen LogP contribution in [0.25, 0.3) is 0 Å². The minimum absolute atomic E-state index is 0.0340. The second-order valence-electron chi connectivity index (χ2n) is 1.97. The van der Waals surface area contributed by atoms with Gasteiger partial charge in [-0.25, -0.2) is 8.78 Å². The Morgan fingerprint density at radius 1 is 1.18 bits per heavy atom. The number of halogens is 4. The summed E-state index contributed by atoms with van der Waals surface area (Å²) >= 11 is 10.7. The topological polar surface area (TPSA) is 0 Å². The Bertz CT molecular complexity index is 261. The van der Waals surface area contributed by atoms with Crippen LogP contribution in [0.4, 0.5) is 8.78 Å². The molecule has 0 fully saturated rings.